The molecule has 2 heterocycles. The number of H-pyrrole nitrogens is 1. The fourth-order valence-corrected chi connectivity index (χ4v) is 3.36. The van der Waals surface area contributed by atoms with Crippen molar-refractivity contribution in [3.63, 3.8) is 0 Å². The number of aromatic amines is 1. The summed E-state index contributed by atoms with van der Waals surface area (Å²) in [6.45, 7) is 0.543. The summed E-state index contributed by atoms with van der Waals surface area (Å²) in [7, 11) is 0. The number of aromatic nitrogens is 2. The van der Waals surface area contributed by atoms with Gasteiger partial charge in [-0.3, -0.25) is 9.78 Å². The highest BCUT2D eigenvalue weighted by molar-refractivity contribution is 5.42. The number of aliphatic hydroxyl groups is 2. The van der Waals surface area contributed by atoms with Crippen LogP contribution in [0.3, 0.4) is 0 Å². The fourth-order valence-electron chi connectivity index (χ4n) is 3.36. The number of rotatable bonds is 4. The normalized spacial score (nSPS) is 23.6. The van der Waals surface area contributed by atoms with Crippen LogP contribution >= 0.6 is 0 Å². The van der Waals surface area contributed by atoms with Gasteiger partial charge in [-0.1, -0.05) is 12.1 Å². The summed E-state index contributed by atoms with van der Waals surface area (Å²) in [5, 5.41) is 20.6. The van der Waals surface area contributed by atoms with Gasteiger partial charge in [0.1, 0.15) is 11.6 Å². The van der Waals surface area contributed by atoms with Gasteiger partial charge in [0, 0.05) is 24.6 Å². The third-order valence-corrected chi connectivity index (χ3v) is 4.74. The van der Waals surface area contributed by atoms with E-state index in [0.29, 0.717) is 31.7 Å². The molecule has 5 N–H and O–H groups in total. The number of hydrogen-bond donors (Lipinski definition) is 4. The van der Waals surface area contributed by atoms with E-state index in [1.807, 2.05) is 4.90 Å². The monoisotopic (exact) mass is 348 g/mol. The minimum atomic E-state index is -0.838. The van der Waals surface area contributed by atoms with Gasteiger partial charge in [-0.2, -0.15) is 4.98 Å². The number of halogens is 1. The van der Waals surface area contributed by atoms with E-state index in [1.165, 1.54) is 18.2 Å². The number of nitrogen functional groups attached to an aromatic ring is 1. The van der Waals surface area contributed by atoms with Gasteiger partial charge in [0.15, 0.2) is 0 Å². The molecule has 7 nitrogen and oxygen atoms in total. The van der Waals surface area contributed by atoms with E-state index in [2.05, 4.69) is 9.97 Å². The zero-order valence-corrected chi connectivity index (χ0v) is 13.7. The lowest BCUT2D eigenvalue weighted by atomic mass is 9.73. The van der Waals surface area contributed by atoms with Gasteiger partial charge in [-0.15, -0.1) is 0 Å². The summed E-state index contributed by atoms with van der Waals surface area (Å²) < 4.78 is 13.1. The predicted octanol–water partition coefficient (Wildman–Crippen LogP) is 0.284. The van der Waals surface area contributed by atoms with E-state index in [9.17, 15) is 19.4 Å². The molecule has 25 heavy (non-hydrogen) atoms. The van der Waals surface area contributed by atoms with Crippen LogP contribution in [0.5, 0.6) is 0 Å². The quantitative estimate of drug-likeness (QED) is 0.631. The van der Waals surface area contributed by atoms with E-state index < -0.39 is 11.5 Å². The topological polar surface area (TPSA) is 115 Å². The Morgan fingerprint density at radius 3 is 2.76 bits per heavy atom. The summed E-state index contributed by atoms with van der Waals surface area (Å²) >= 11 is 0. The molecule has 1 saturated heterocycles. The van der Waals surface area contributed by atoms with E-state index in [0.717, 1.165) is 5.56 Å². The van der Waals surface area contributed by atoms with Crippen LogP contribution in [0.15, 0.2) is 35.1 Å². The standard InChI is InChI=1S/C17H21FN4O3/c18-12-3-1-11(2-4-12)8-17(10-23)9-22(6-5-13(17)24)14-7-15(25)21-16(19)20-14/h1-4,7,13,23-24H,5-6,8-10H2,(H3,19,20,21,25)/t13-,17-/m0/s1. The van der Waals surface area contributed by atoms with Gasteiger partial charge in [-0.25, -0.2) is 4.39 Å². The SMILES string of the molecule is Nc1nc(N2CC[C@H](O)[C@@](CO)(Cc3ccc(F)cc3)C2)cc(=O)[nH]1. The van der Waals surface area contributed by atoms with Crippen LogP contribution in [0.25, 0.3) is 0 Å². The minimum absolute atomic E-state index is 0.0155. The average Bonchev–Trinajstić information content (AvgIpc) is 2.58. The number of benzene rings is 1. The van der Waals surface area contributed by atoms with E-state index in [4.69, 9.17) is 5.73 Å². The van der Waals surface area contributed by atoms with Crippen LogP contribution in [0.2, 0.25) is 0 Å². The van der Waals surface area contributed by atoms with Gasteiger partial charge >= 0.3 is 0 Å². The first-order chi connectivity index (χ1) is 11.9. The Morgan fingerprint density at radius 2 is 2.12 bits per heavy atom. The summed E-state index contributed by atoms with van der Waals surface area (Å²) in [5.74, 6) is 0.0858. The molecule has 0 unspecified atom stereocenters. The third-order valence-electron chi connectivity index (χ3n) is 4.74. The molecule has 0 radical (unpaired) electrons. The molecular formula is C17H21FN4O3. The highest BCUT2D eigenvalue weighted by Crippen LogP contribution is 2.35. The van der Waals surface area contributed by atoms with Crippen molar-refractivity contribution >= 4 is 11.8 Å². The van der Waals surface area contributed by atoms with Crippen molar-refractivity contribution in [2.24, 2.45) is 5.41 Å². The van der Waals surface area contributed by atoms with Crippen LogP contribution in [0.1, 0.15) is 12.0 Å². The summed E-state index contributed by atoms with van der Waals surface area (Å²) in [6.07, 6.45) is 0.0640. The second-order valence-corrected chi connectivity index (χ2v) is 6.54. The minimum Gasteiger partial charge on any atom is -0.396 e. The Hall–Kier alpha value is -2.45. The highest BCUT2D eigenvalue weighted by atomic mass is 19.1. The Bertz CT molecular complexity index is 795. The van der Waals surface area contributed by atoms with Crippen molar-refractivity contribution in [3.05, 3.63) is 52.1 Å². The third kappa shape index (κ3) is 3.64. The van der Waals surface area contributed by atoms with Gasteiger partial charge in [0.05, 0.1) is 12.7 Å². The fraction of sp³-hybridized carbons (Fsp3) is 0.412. The zero-order chi connectivity index (χ0) is 18.0. The molecule has 2 aromatic rings. The lowest BCUT2D eigenvalue weighted by Crippen LogP contribution is -2.55. The largest absolute Gasteiger partial charge is 0.396 e. The van der Waals surface area contributed by atoms with Crippen LogP contribution in [0.4, 0.5) is 16.2 Å². The first kappa shape index (κ1) is 17.4. The van der Waals surface area contributed by atoms with Crippen molar-refractivity contribution in [3.8, 4) is 0 Å². The van der Waals surface area contributed by atoms with Gasteiger partial charge in [0.2, 0.25) is 5.95 Å². The van der Waals surface area contributed by atoms with Crippen LogP contribution < -0.4 is 16.2 Å². The van der Waals surface area contributed by atoms with Crippen molar-refractivity contribution in [2.75, 3.05) is 30.3 Å². The van der Waals surface area contributed by atoms with Crippen LogP contribution in [-0.4, -0.2) is 46.0 Å². The second kappa shape index (κ2) is 6.81. The number of nitrogens with one attached hydrogen (secondary N) is 1. The lowest BCUT2D eigenvalue weighted by Gasteiger charge is -2.45. The second-order valence-electron chi connectivity index (χ2n) is 6.54. The molecule has 0 aliphatic carbocycles. The Balaban J connectivity index is 1.89. The van der Waals surface area contributed by atoms with Crippen LogP contribution in [-0.2, 0) is 6.42 Å². The number of aliphatic hydroxyl groups excluding tert-OH is 2. The van der Waals surface area contributed by atoms with E-state index >= 15 is 0 Å². The molecule has 2 atom stereocenters. The van der Waals surface area contributed by atoms with Crippen molar-refractivity contribution in [1.29, 1.82) is 0 Å². The molecule has 8 heteroatoms. The molecule has 0 amide bonds. The summed E-state index contributed by atoms with van der Waals surface area (Å²) in [4.78, 5) is 20.0. The molecule has 134 valence electrons. The van der Waals surface area contributed by atoms with Gasteiger partial charge < -0.3 is 20.8 Å². The number of nitrogens with zero attached hydrogens (tertiary/aromatic N) is 2. The predicted molar refractivity (Wildman–Crippen MR) is 91.7 cm³/mol. The highest BCUT2D eigenvalue weighted by Gasteiger charge is 2.43. The molecule has 3 rings (SSSR count). The van der Waals surface area contributed by atoms with Crippen molar-refractivity contribution in [2.45, 2.75) is 18.9 Å². The van der Waals surface area contributed by atoms with Gasteiger partial charge in [-0.05, 0) is 30.5 Å². The number of nitrogens with two attached hydrogens (primary N) is 1. The number of anilines is 2. The van der Waals surface area contributed by atoms with Crippen molar-refractivity contribution < 1.29 is 14.6 Å². The summed E-state index contributed by atoms with van der Waals surface area (Å²) in [5.41, 5.74) is 5.22. The number of piperidine rings is 1. The maximum absolute atomic E-state index is 13.1. The van der Waals surface area contributed by atoms with E-state index in [-0.39, 0.29) is 23.9 Å². The molecule has 1 aliphatic heterocycles. The van der Waals surface area contributed by atoms with E-state index in [1.54, 1.807) is 12.1 Å². The summed E-state index contributed by atoms with van der Waals surface area (Å²) in [6, 6.07) is 7.33. The zero-order valence-electron chi connectivity index (χ0n) is 13.7. The Morgan fingerprint density at radius 1 is 1.40 bits per heavy atom. The lowest BCUT2D eigenvalue weighted by molar-refractivity contribution is -0.0292. The number of hydrogen-bond acceptors (Lipinski definition) is 6. The smallest absolute Gasteiger partial charge is 0.254 e. The molecule has 1 aromatic carbocycles. The maximum atomic E-state index is 13.1. The van der Waals surface area contributed by atoms with Crippen LogP contribution in [0, 0.1) is 11.2 Å². The first-order valence-electron chi connectivity index (χ1n) is 8.07. The molecule has 0 saturated carbocycles. The molecule has 1 aliphatic rings. The molecule has 1 fully saturated rings. The molecule has 0 bridgehead atoms. The molecule has 1 aromatic heterocycles. The van der Waals surface area contributed by atoms with Crippen molar-refractivity contribution in [1.82, 2.24) is 9.97 Å². The Kier molecular flexibility index (Phi) is 4.73. The Labute approximate surface area is 143 Å². The van der Waals surface area contributed by atoms with Gasteiger partial charge in [0.25, 0.3) is 5.56 Å². The maximum Gasteiger partial charge on any atom is 0.254 e. The average molecular weight is 348 g/mol. The molecule has 0 spiro atoms. The first-order valence-corrected chi connectivity index (χ1v) is 8.07. The molecular weight excluding hydrogens is 327 g/mol.